The third kappa shape index (κ3) is 2.11. The Labute approximate surface area is 99.9 Å². The van der Waals surface area contributed by atoms with Crippen molar-refractivity contribution in [2.24, 2.45) is 5.92 Å². The van der Waals surface area contributed by atoms with Crippen molar-refractivity contribution in [3.05, 3.63) is 0 Å². The van der Waals surface area contributed by atoms with E-state index in [0.29, 0.717) is 19.6 Å². The van der Waals surface area contributed by atoms with Crippen molar-refractivity contribution in [1.82, 2.24) is 15.1 Å². The highest BCUT2D eigenvalue weighted by atomic mass is 16.2. The van der Waals surface area contributed by atoms with Crippen LogP contribution in [0.15, 0.2) is 0 Å². The minimum atomic E-state index is -0.433. The number of likely N-dealkylation sites (tertiary alicyclic amines) is 1. The molecule has 2 aliphatic heterocycles. The lowest BCUT2D eigenvalue weighted by molar-refractivity contribution is -0.145. The van der Waals surface area contributed by atoms with Gasteiger partial charge in [-0.3, -0.25) is 14.4 Å². The van der Waals surface area contributed by atoms with E-state index in [-0.39, 0.29) is 30.1 Å². The Hall–Kier alpha value is -1.59. The van der Waals surface area contributed by atoms with Gasteiger partial charge in [0.2, 0.25) is 17.7 Å². The number of hydrogen-bond acceptors (Lipinski definition) is 3. The van der Waals surface area contributed by atoms with E-state index >= 15 is 0 Å². The van der Waals surface area contributed by atoms with Crippen LogP contribution in [0.3, 0.4) is 0 Å². The largest absolute Gasteiger partial charge is 0.353 e. The van der Waals surface area contributed by atoms with E-state index in [9.17, 15) is 14.4 Å². The number of carbonyl (C=O) groups excluding carboxylic acids is 3. The fraction of sp³-hybridized carbons (Fsp3) is 0.727. The Morgan fingerprint density at radius 3 is 2.71 bits per heavy atom. The van der Waals surface area contributed by atoms with E-state index in [2.05, 4.69) is 5.32 Å². The van der Waals surface area contributed by atoms with Gasteiger partial charge in [-0.15, -0.1) is 0 Å². The van der Waals surface area contributed by atoms with Gasteiger partial charge in [0.1, 0.15) is 6.04 Å². The maximum Gasteiger partial charge on any atom is 0.242 e. The van der Waals surface area contributed by atoms with Crippen molar-refractivity contribution >= 4 is 17.7 Å². The molecule has 2 unspecified atom stereocenters. The number of rotatable bonds is 1. The summed E-state index contributed by atoms with van der Waals surface area (Å²) in [6, 6.07) is -0.433. The van der Waals surface area contributed by atoms with Crippen molar-refractivity contribution < 1.29 is 14.4 Å². The molecule has 1 N–H and O–H groups in total. The van der Waals surface area contributed by atoms with Gasteiger partial charge in [-0.2, -0.15) is 0 Å². The molecular weight excluding hydrogens is 222 g/mol. The summed E-state index contributed by atoms with van der Waals surface area (Å²) in [5, 5.41) is 2.71. The maximum atomic E-state index is 12.2. The first kappa shape index (κ1) is 11.9. The molecule has 0 radical (unpaired) electrons. The molecule has 0 aromatic heterocycles. The van der Waals surface area contributed by atoms with Crippen LogP contribution in [0.1, 0.15) is 13.3 Å². The van der Waals surface area contributed by atoms with Crippen LogP contribution < -0.4 is 5.32 Å². The Balaban J connectivity index is 2.05. The van der Waals surface area contributed by atoms with Crippen LogP contribution in [0.2, 0.25) is 0 Å². The number of nitrogens with one attached hydrogen (secondary N) is 1. The van der Waals surface area contributed by atoms with Gasteiger partial charge in [0.05, 0.1) is 5.92 Å². The van der Waals surface area contributed by atoms with E-state index < -0.39 is 6.04 Å². The van der Waals surface area contributed by atoms with Crippen LogP contribution in [0.5, 0.6) is 0 Å². The number of piperazine rings is 1. The molecule has 0 aliphatic carbocycles. The van der Waals surface area contributed by atoms with Gasteiger partial charge in [0, 0.05) is 33.1 Å². The molecule has 94 valence electrons. The zero-order valence-electron chi connectivity index (χ0n) is 10.1. The monoisotopic (exact) mass is 239 g/mol. The van der Waals surface area contributed by atoms with E-state index in [1.807, 2.05) is 0 Å². The zero-order chi connectivity index (χ0) is 12.6. The molecule has 17 heavy (non-hydrogen) atoms. The highest BCUT2D eigenvalue weighted by Gasteiger charge is 2.38. The van der Waals surface area contributed by atoms with E-state index in [1.54, 1.807) is 23.8 Å². The van der Waals surface area contributed by atoms with Crippen molar-refractivity contribution in [2.45, 2.75) is 19.4 Å². The maximum absolute atomic E-state index is 12.2. The first-order valence-corrected chi connectivity index (χ1v) is 5.83. The molecule has 3 amide bonds. The molecule has 2 atom stereocenters. The topological polar surface area (TPSA) is 69.7 Å². The molecule has 2 saturated heterocycles. The predicted octanol–water partition coefficient (Wildman–Crippen LogP) is -1.19. The summed E-state index contributed by atoms with van der Waals surface area (Å²) in [7, 11) is 1.70. The summed E-state index contributed by atoms with van der Waals surface area (Å²) in [6.45, 7) is 3.20. The van der Waals surface area contributed by atoms with Gasteiger partial charge in [-0.1, -0.05) is 0 Å². The van der Waals surface area contributed by atoms with Crippen LogP contribution in [-0.4, -0.2) is 60.2 Å². The fourth-order valence-corrected chi connectivity index (χ4v) is 2.35. The SMILES string of the molecule is CC1C(=O)NCCN1C(=O)C1CC(=O)N(C)C1. The Morgan fingerprint density at radius 1 is 1.41 bits per heavy atom. The van der Waals surface area contributed by atoms with Crippen LogP contribution in [0.25, 0.3) is 0 Å². The summed E-state index contributed by atoms with van der Waals surface area (Å²) < 4.78 is 0. The third-order valence-electron chi connectivity index (χ3n) is 3.47. The summed E-state index contributed by atoms with van der Waals surface area (Å²) in [5.74, 6) is -0.495. The number of carbonyl (C=O) groups is 3. The molecule has 0 saturated carbocycles. The predicted molar refractivity (Wildman–Crippen MR) is 59.9 cm³/mol. The lowest BCUT2D eigenvalue weighted by Gasteiger charge is -2.34. The fourth-order valence-electron chi connectivity index (χ4n) is 2.35. The van der Waals surface area contributed by atoms with E-state index in [4.69, 9.17) is 0 Å². The molecule has 0 bridgehead atoms. The lowest BCUT2D eigenvalue weighted by Crippen LogP contribution is -2.57. The summed E-state index contributed by atoms with van der Waals surface area (Å²) in [4.78, 5) is 38.2. The minimum Gasteiger partial charge on any atom is -0.353 e. The zero-order valence-corrected chi connectivity index (χ0v) is 10.1. The molecule has 2 aliphatic rings. The molecule has 6 nitrogen and oxygen atoms in total. The van der Waals surface area contributed by atoms with Crippen LogP contribution >= 0.6 is 0 Å². The number of amides is 3. The van der Waals surface area contributed by atoms with Crippen molar-refractivity contribution in [3.63, 3.8) is 0 Å². The van der Waals surface area contributed by atoms with Crippen molar-refractivity contribution in [3.8, 4) is 0 Å². The Kier molecular flexibility index (Phi) is 3.04. The van der Waals surface area contributed by atoms with E-state index in [0.717, 1.165) is 0 Å². The minimum absolute atomic E-state index is 0.00235. The highest BCUT2D eigenvalue weighted by Crippen LogP contribution is 2.20. The van der Waals surface area contributed by atoms with Crippen LogP contribution in [0.4, 0.5) is 0 Å². The molecular formula is C11H17N3O3. The second-order valence-corrected chi connectivity index (χ2v) is 4.67. The van der Waals surface area contributed by atoms with Gasteiger partial charge in [-0.05, 0) is 6.92 Å². The summed E-state index contributed by atoms with van der Waals surface area (Å²) in [5.41, 5.74) is 0. The number of hydrogen-bond donors (Lipinski definition) is 1. The molecule has 6 heteroatoms. The second-order valence-electron chi connectivity index (χ2n) is 4.67. The third-order valence-corrected chi connectivity index (χ3v) is 3.47. The number of nitrogens with zero attached hydrogens (tertiary/aromatic N) is 2. The quantitative estimate of drug-likeness (QED) is 0.625. The summed E-state index contributed by atoms with van der Waals surface area (Å²) >= 11 is 0. The van der Waals surface area contributed by atoms with E-state index in [1.165, 1.54) is 0 Å². The Morgan fingerprint density at radius 2 is 2.12 bits per heavy atom. The van der Waals surface area contributed by atoms with Gasteiger partial charge in [0.15, 0.2) is 0 Å². The summed E-state index contributed by atoms with van der Waals surface area (Å²) in [6.07, 6.45) is 0.264. The average molecular weight is 239 g/mol. The molecule has 2 rings (SSSR count). The van der Waals surface area contributed by atoms with Crippen LogP contribution in [-0.2, 0) is 14.4 Å². The molecule has 2 heterocycles. The molecule has 2 fully saturated rings. The van der Waals surface area contributed by atoms with Crippen LogP contribution in [0, 0.1) is 5.92 Å². The highest BCUT2D eigenvalue weighted by molar-refractivity contribution is 5.93. The average Bonchev–Trinajstić information content (AvgIpc) is 2.62. The molecule has 0 aromatic carbocycles. The molecule has 0 aromatic rings. The van der Waals surface area contributed by atoms with Crippen molar-refractivity contribution in [1.29, 1.82) is 0 Å². The van der Waals surface area contributed by atoms with Gasteiger partial charge < -0.3 is 15.1 Å². The Bertz CT molecular complexity index is 369. The smallest absolute Gasteiger partial charge is 0.242 e. The first-order chi connectivity index (χ1) is 8.00. The standard InChI is InChI=1S/C11H17N3O3/c1-7-10(16)12-3-4-14(7)11(17)8-5-9(15)13(2)6-8/h7-8H,3-6H2,1-2H3,(H,12,16). The molecule has 0 spiro atoms. The van der Waals surface area contributed by atoms with Crippen molar-refractivity contribution in [2.75, 3.05) is 26.7 Å². The second kappa shape index (κ2) is 4.35. The normalized spacial score (nSPS) is 29.5. The first-order valence-electron chi connectivity index (χ1n) is 5.83. The van der Waals surface area contributed by atoms with Gasteiger partial charge in [0.25, 0.3) is 0 Å². The van der Waals surface area contributed by atoms with Gasteiger partial charge >= 0.3 is 0 Å². The van der Waals surface area contributed by atoms with Gasteiger partial charge in [-0.25, -0.2) is 0 Å². The lowest BCUT2D eigenvalue weighted by atomic mass is 10.0.